The Morgan fingerprint density at radius 1 is 1.22 bits per heavy atom. The molecule has 9 nitrogen and oxygen atoms in total. The number of nitrogens with zero attached hydrogens (tertiary/aromatic N) is 5. The number of sulfonamides is 1. The fourth-order valence-electron chi connectivity index (χ4n) is 4.97. The lowest BCUT2D eigenvalue weighted by Crippen LogP contribution is -2.44. The van der Waals surface area contributed by atoms with E-state index in [0.717, 1.165) is 23.7 Å². The van der Waals surface area contributed by atoms with E-state index in [2.05, 4.69) is 19.2 Å². The number of fused-ring (bicyclic) bond motifs is 1. The molecule has 1 saturated heterocycles. The maximum Gasteiger partial charge on any atom is 0.391 e. The van der Waals surface area contributed by atoms with Crippen LogP contribution in [0.5, 0.6) is 5.75 Å². The van der Waals surface area contributed by atoms with Gasteiger partial charge < -0.3 is 4.74 Å². The predicted octanol–water partition coefficient (Wildman–Crippen LogP) is 4.05. The van der Waals surface area contributed by atoms with Crippen LogP contribution in [0.4, 0.5) is 22.7 Å². The van der Waals surface area contributed by atoms with Gasteiger partial charge in [0.2, 0.25) is 5.13 Å². The molecule has 194 valence electrons. The van der Waals surface area contributed by atoms with Crippen LogP contribution < -0.4 is 9.46 Å². The van der Waals surface area contributed by atoms with E-state index in [1.54, 1.807) is 17.8 Å². The van der Waals surface area contributed by atoms with Crippen molar-refractivity contribution in [2.75, 3.05) is 17.9 Å². The lowest BCUT2D eigenvalue weighted by atomic mass is 9.85. The molecule has 3 aromatic rings. The number of alkyl halides is 3. The van der Waals surface area contributed by atoms with Crippen molar-refractivity contribution in [2.24, 2.45) is 13.0 Å². The highest BCUT2D eigenvalue weighted by molar-refractivity contribution is 7.93. The molecule has 0 aliphatic carbocycles. The average molecular weight is 547 g/mol. The van der Waals surface area contributed by atoms with E-state index < -0.39 is 44.9 Å². The zero-order valence-corrected chi connectivity index (χ0v) is 20.6. The summed E-state index contributed by atoms with van der Waals surface area (Å²) in [6.07, 6.45) is -1.47. The van der Waals surface area contributed by atoms with Gasteiger partial charge in [-0.1, -0.05) is 0 Å². The lowest BCUT2D eigenvalue weighted by molar-refractivity contribution is -0.192. The van der Waals surface area contributed by atoms with Crippen LogP contribution in [0.25, 0.3) is 0 Å². The molecule has 2 aromatic heterocycles. The SMILES string of the molecule is Cn1nccc1[C@@H]1C[C@H](C(F)(F)F)CCN1[C@@H]1CCOc2cc(S(=O)(=O)Nc3ncns3)c(F)cc21. The molecule has 1 N–H and O–H groups in total. The molecule has 0 spiro atoms. The maximum atomic E-state index is 15.2. The standard InChI is InChI=1S/C21H22F4N6O3S2/c1-30-16(2-5-27-30)17-8-12(21(23,24)25)3-6-31(17)15-4-7-34-18-10-19(14(22)9-13(15)18)36(32,33)29-20-26-11-28-35-20/h2,5,9-12,15,17H,3-4,6-8H2,1H3,(H,26,28,29)/t12-,15-,17+/m1/s1. The van der Waals surface area contributed by atoms with Gasteiger partial charge in [-0.05, 0) is 25.0 Å². The van der Waals surface area contributed by atoms with Gasteiger partial charge in [-0.25, -0.2) is 17.8 Å². The van der Waals surface area contributed by atoms with Crippen molar-refractivity contribution in [3.05, 3.63) is 47.8 Å². The van der Waals surface area contributed by atoms with E-state index in [1.165, 1.54) is 12.5 Å². The molecule has 0 saturated carbocycles. The number of aromatic nitrogens is 4. The molecule has 0 amide bonds. The molecule has 1 aromatic carbocycles. The zero-order chi connectivity index (χ0) is 25.7. The minimum absolute atomic E-state index is 0.0162. The Morgan fingerprint density at radius 3 is 2.69 bits per heavy atom. The number of benzene rings is 1. The van der Waals surface area contributed by atoms with E-state index >= 15 is 4.39 Å². The summed E-state index contributed by atoms with van der Waals surface area (Å²) in [6.45, 7) is 0.328. The van der Waals surface area contributed by atoms with E-state index in [1.807, 2.05) is 4.90 Å². The molecule has 3 atom stereocenters. The highest BCUT2D eigenvalue weighted by atomic mass is 32.2. The molecule has 36 heavy (non-hydrogen) atoms. The summed E-state index contributed by atoms with van der Waals surface area (Å²) >= 11 is 0.801. The van der Waals surface area contributed by atoms with Crippen LogP contribution in [0.15, 0.2) is 35.6 Å². The molecular weight excluding hydrogens is 524 g/mol. The van der Waals surface area contributed by atoms with Crippen LogP contribution in [0, 0.1) is 11.7 Å². The summed E-state index contributed by atoms with van der Waals surface area (Å²) in [4.78, 5) is 5.06. The highest BCUT2D eigenvalue weighted by Gasteiger charge is 2.47. The third kappa shape index (κ3) is 4.66. The number of hydrogen-bond donors (Lipinski definition) is 1. The number of anilines is 1. The van der Waals surface area contributed by atoms with Crippen molar-refractivity contribution >= 4 is 26.7 Å². The number of nitrogens with one attached hydrogen (secondary N) is 1. The van der Waals surface area contributed by atoms with Crippen LogP contribution in [0.3, 0.4) is 0 Å². The number of likely N-dealkylation sites (tertiary alicyclic amines) is 1. The Balaban J connectivity index is 1.50. The Bertz CT molecular complexity index is 1350. The number of ether oxygens (including phenoxy) is 1. The van der Waals surface area contributed by atoms with Gasteiger partial charge in [0, 0.05) is 55.4 Å². The molecule has 0 unspecified atom stereocenters. The fourth-order valence-corrected chi connectivity index (χ4v) is 6.70. The first-order valence-electron chi connectivity index (χ1n) is 11.1. The fraction of sp³-hybridized carbons (Fsp3) is 0.476. The van der Waals surface area contributed by atoms with Crippen molar-refractivity contribution in [3.63, 3.8) is 0 Å². The molecule has 4 heterocycles. The second-order valence-electron chi connectivity index (χ2n) is 8.72. The van der Waals surface area contributed by atoms with E-state index in [9.17, 15) is 21.6 Å². The van der Waals surface area contributed by atoms with Gasteiger partial charge in [0.05, 0.1) is 24.3 Å². The summed E-state index contributed by atoms with van der Waals surface area (Å²) in [5.41, 5.74) is 1.02. The molecule has 0 radical (unpaired) electrons. The number of rotatable bonds is 5. The van der Waals surface area contributed by atoms with Gasteiger partial charge in [-0.15, -0.1) is 0 Å². The lowest BCUT2D eigenvalue weighted by Gasteiger charge is -2.45. The second-order valence-corrected chi connectivity index (χ2v) is 11.2. The summed E-state index contributed by atoms with van der Waals surface area (Å²) in [5, 5.41) is 4.11. The molecule has 0 bridgehead atoms. The minimum Gasteiger partial charge on any atom is -0.493 e. The van der Waals surface area contributed by atoms with Gasteiger partial charge in [0.15, 0.2) is 0 Å². The topological polar surface area (TPSA) is 102 Å². The van der Waals surface area contributed by atoms with Crippen LogP contribution in [-0.2, 0) is 17.1 Å². The van der Waals surface area contributed by atoms with Crippen molar-refractivity contribution in [3.8, 4) is 5.75 Å². The largest absolute Gasteiger partial charge is 0.493 e. The summed E-state index contributed by atoms with van der Waals surface area (Å²) in [5.74, 6) is -2.29. The zero-order valence-electron chi connectivity index (χ0n) is 18.9. The first-order valence-corrected chi connectivity index (χ1v) is 13.4. The van der Waals surface area contributed by atoms with Crippen LogP contribution in [0.1, 0.15) is 42.6 Å². The van der Waals surface area contributed by atoms with Crippen molar-refractivity contribution in [2.45, 2.75) is 42.4 Å². The quantitative estimate of drug-likeness (QED) is 0.482. The van der Waals surface area contributed by atoms with Gasteiger partial charge >= 0.3 is 6.18 Å². The van der Waals surface area contributed by atoms with E-state index in [4.69, 9.17) is 4.74 Å². The molecular formula is C21H22F4N6O3S2. The summed E-state index contributed by atoms with van der Waals surface area (Å²) in [7, 11) is -2.64. The van der Waals surface area contributed by atoms with E-state index in [-0.39, 0.29) is 36.9 Å². The summed E-state index contributed by atoms with van der Waals surface area (Å²) < 4.78 is 94.8. The maximum absolute atomic E-state index is 15.2. The highest BCUT2D eigenvalue weighted by Crippen LogP contribution is 2.48. The number of aryl methyl sites for hydroxylation is 1. The van der Waals surface area contributed by atoms with Gasteiger partial charge in [-0.2, -0.15) is 22.6 Å². The van der Waals surface area contributed by atoms with Crippen LogP contribution in [-0.4, -0.2) is 51.8 Å². The van der Waals surface area contributed by atoms with Crippen LogP contribution >= 0.6 is 11.5 Å². The first kappa shape index (κ1) is 24.9. The number of piperidine rings is 1. The third-order valence-corrected chi connectivity index (χ3v) is 8.72. The van der Waals surface area contributed by atoms with Crippen molar-refractivity contribution in [1.29, 1.82) is 0 Å². The second kappa shape index (κ2) is 9.27. The molecule has 5 rings (SSSR count). The van der Waals surface area contributed by atoms with Gasteiger partial charge in [0.1, 0.15) is 22.8 Å². The van der Waals surface area contributed by atoms with Crippen molar-refractivity contribution < 1.29 is 30.7 Å². The Morgan fingerprint density at radius 2 is 2.03 bits per heavy atom. The molecule has 2 aliphatic heterocycles. The smallest absolute Gasteiger partial charge is 0.391 e. The first-order chi connectivity index (χ1) is 17.0. The monoisotopic (exact) mass is 546 g/mol. The Kier molecular flexibility index (Phi) is 6.41. The average Bonchev–Trinajstić information content (AvgIpc) is 3.48. The number of hydrogen-bond acceptors (Lipinski definition) is 8. The molecule has 1 fully saturated rings. The summed E-state index contributed by atoms with van der Waals surface area (Å²) in [6, 6.07) is 2.82. The van der Waals surface area contributed by atoms with Gasteiger partial charge in [-0.3, -0.25) is 14.3 Å². The number of halogens is 4. The Labute approximate surface area is 208 Å². The van der Waals surface area contributed by atoms with Gasteiger partial charge in [0.25, 0.3) is 10.0 Å². The van der Waals surface area contributed by atoms with E-state index in [0.29, 0.717) is 17.7 Å². The predicted molar refractivity (Wildman–Crippen MR) is 121 cm³/mol. The van der Waals surface area contributed by atoms with Crippen LogP contribution in [0.2, 0.25) is 0 Å². The minimum atomic E-state index is -4.33. The molecule has 2 aliphatic rings. The Hall–Kier alpha value is -2.78. The molecule has 15 heteroatoms. The van der Waals surface area contributed by atoms with Crippen molar-refractivity contribution in [1.82, 2.24) is 24.0 Å². The normalized spacial score (nSPS) is 23.2. The third-order valence-electron chi connectivity index (χ3n) is 6.65.